The summed E-state index contributed by atoms with van der Waals surface area (Å²) in [6, 6.07) is -0.717. The highest BCUT2D eigenvalue weighted by atomic mass is 16.7. The van der Waals surface area contributed by atoms with E-state index in [4.69, 9.17) is 9.47 Å². The zero-order chi connectivity index (χ0) is 52.9. The van der Waals surface area contributed by atoms with E-state index in [9.17, 15) is 30.3 Å². The molecule has 9 heteroatoms. The van der Waals surface area contributed by atoms with Gasteiger partial charge in [0.15, 0.2) is 6.29 Å². The van der Waals surface area contributed by atoms with Crippen LogP contribution in [0.2, 0.25) is 0 Å². The number of aliphatic hydroxyl groups is 5. The summed E-state index contributed by atoms with van der Waals surface area (Å²) in [7, 11) is 0. The molecule has 0 radical (unpaired) electrons. The number of unbranched alkanes of at least 4 members (excludes halogenated alkanes) is 42. The maximum Gasteiger partial charge on any atom is 0.220 e. The van der Waals surface area contributed by atoms with E-state index in [1.165, 1.54) is 250 Å². The molecule has 7 atom stereocenters. The molecule has 1 fully saturated rings. The van der Waals surface area contributed by atoms with Gasteiger partial charge in [0.2, 0.25) is 5.91 Å². The van der Waals surface area contributed by atoms with Crippen LogP contribution in [0.5, 0.6) is 0 Å². The second-order valence-corrected chi connectivity index (χ2v) is 22.6. The summed E-state index contributed by atoms with van der Waals surface area (Å²) in [5.74, 6) is -0.139. The molecule has 0 aromatic carbocycles. The van der Waals surface area contributed by atoms with Gasteiger partial charge >= 0.3 is 0 Å². The monoisotopic (exact) mass is 1030 g/mol. The SMILES string of the molecule is CCCCCCCCCCCCC/C=C\C/C=C\CCCCCCCCCCCCCCCCCCCC(=O)NC(COC1OC(CO)C(O)C(O)C1O)C(O)CCCCCCCCCCCCCCCCC. The minimum atomic E-state index is -1.55. The van der Waals surface area contributed by atoms with Crippen molar-refractivity contribution in [1.29, 1.82) is 0 Å². The summed E-state index contributed by atoms with van der Waals surface area (Å²) in [4.78, 5) is 13.1. The Kier molecular flexibility index (Phi) is 51.6. The molecule has 1 aliphatic heterocycles. The molecule has 1 heterocycles. The second-order valence-electron chi connectivity index (χ2n) is 22.6. The van der Waals surface area contributed by atoms with Gasteiger partial charge in [-0.05, 0) is 44.9 Å². The Morgan fingerprint density at radius 3 is 1.18 bits per heavy atom. The van der Waals surface area contributed by atoms with Crippen molar-refractivity contribution in [3.8, 4) is 0 Å². The molecule has 0 saturated carbocycles. The largest absolute Gasteiger partial charge is 0.394 e. The Morgan fingerprint density at radius 2 is 0.808 bits per heavy atom. The lowest BCUT2D eigenvalue weighted by atomic mass is 9.99. The van der Waals surface area contributed by atoms with Gasteiger partial charge in [0, 0.05) is 6.42 Å². The molecular weight excluding hydrogens is 911 g/mol. The first-order chi connectivity index (χ1) is 35.8. The minimum absolute atomic E-state index is 0.134. The molecule has 0 aromatic rings. The number of hydrogen-bond donors (Lipinski definition) is 6. The van der Waals surface area contributed by atoms with E-state index in [0.717, 1.165) is 44.9 Å². The molecule has 0 aromatic heterocycles. The Bertz CT molecular complexity index is 1200. The number of nitrogens with one attached hydrogen (secondary N) is 1. The number of carbonyl (C=O) groups excluding carboxylic acids is 1. The van der Waals surface area contributed by atoms with Gasteiger partial charge in [-0.3, -0.25) is 4.79 Å². The quantitative estimate of drug-likeness (QED) is 0.0261. The van der Waals surface area contributed by atoms with Crippen LogP contribution < -0.4 is 5.32 Å². The van der Waals surface area contributed by atoms with E-state index >= 15 is 0 Å². The summed E-state index contributed by atoms with van der Waals surface area (Å²) < 4.78 is 11.3. The topological polar surface area (TPSA) is 149 Å². The predicted molar refractivity (Wildman–Crippen MR) is 309 cm³/mol. The smallest absolute Gasteiger partial charge is 0.220 e. The number of allylic oxidation sites excluding steroid dienone is 4. The molecule has 9 nitrogen and oxygen atoms in total. The van der Waals surface area contributed by atoms with Crippen molar-refractivity contribution in [3.05, 3.63) is 24.3 Å². The fraction of sp³-hybridized carbons (Fsp3) is 0.922. The van der Waals surface area contributed by atoms with Crippen molar-refractivity contribution >= 4 is 5.91 Å². The summed E-state index contributed by atoms with van der Waals surface area (Å²) in [6.07, 6.45) is 62.4. The van der Waals surface area contributed by atoms with Gasteiger partial charge in [0.1, 0.15) is 24.4 Å². The van der Waals surface area contributed by atoms with Gasteiger partial charge in [-0.2, -0.15) is 0 Å². The highest BCUT2D eigenvalue weighted by Gasteiger charge is 2.44. The number of aliphatic hydroxyl groups excluding tert-OH is 5. The Labute approximate surface area is 451 Å². The molecule has 1 rings (SSSR count). The van der Waals surface area contributed by atoms with Crippen molar-refractivity contribution in [2.24, 2.45) is 0 Å². The van der Waals surface area contributed by atoms with Crippen molar-refractivity contribution in [1.82, 2.24) is 5.32 Å². The van der Waals surface area contributed by atoms with E-state index in [1.54, 1.807) is 0 Å². The van der Waals surface area contributed by atoms with Crippen molar-refractivity contribution in [2.45, 2.75) is 365 Å². The molecule has 0 spiro atoms. The van der Waals surface area contributed by atoms with Crippen molar-refractivity contribution < 1.29 is 39.8 Å². The minimum Gasteiger partial charge on any atom is -0.394 e. The zero-order valence-electron chi connectivity index (χ0n) is 48.2. The second kappa shape index (κ2) is 54.0. The maximum absolute atomic E-state index is 13.1. The zero-order valence-corrected chi connectivity index (χ0v) is 48.2. The standard InChI is InChI=1S/C64H123NO8/c1-3-5-7-9-11-13-15-17-19-20-21-22-23-24-25-26-27-28-29-30-31-32-33-34-35-36-37-38-40-42-44-46-48-50-52-54-60(68)65-57(56-72-64-63(71)62(70)61(69)59(55-66)73-64)58(67)53-51-49-47-45-43-41-39-18-16-14-12-10-8-6-4-2/h23-24,26-27,57-59,61-64,66-67,69-71H,3-22,25,28-56H2,1-2H3,(H,65,68)/b24-23-,27-26-. The average Bonchev–Trinajstić information content (AvgIpc) is 3.39. The van der Waals surface area contributed by atoms with Gasteiger partial charge in [0.25, 0.3) is 0 Å². The van der Waals surface area contributed by atoms with Crippen LogP contribution in [0.1, 0.15) is 322 Å². The number of carbonyl (C=O) groups is 1. The lowest BCUT2D eigenvalue weighted by molar-refractivity contribution is -0.302. The fourth-order valence-electron chi connectivity index (χ4n) is 10.5. The van der Waals surface area contributed by atoms with Gasteiger partial charge in [-0.1, -0.05) is 295 Å². The highest BCUT2D eigenvalue weighted by Crippen LogP contribution is 2.23. The van der Waals surface area contributed by atoms with E-state index in [2.05, 4.69) is 43.5 Å². The fourth-order valence-corrected chi connectivity index (χ4v) is 10.5. The first kappa shape index (κ1) is 69.7. The van der Waals surface area contributed by atoms with Crippen molar-refractivity contribution in [3.63, 3.8) is 0 Å². The maximum atomic E-state index is 13.1. The van der Waals surface area contributed by atoms with Crippen LogP contribution in [-0.2, 0) is 14.3 Å². The molecule has 6 N–H and O–H groups in total. The van der Waals surface area contributed by atoms with E-state index in [0.29, 0.717) is 12.8 Å². The van der Waals surface area contributed by atoms with Crippen LogP contribution in [0.25, 0.3) is 0 Å². The number of amides is 1. The van der Waals surface area contributed by atoms with Gasteiger partial charge in [-0.15, -0.1) is 0 Å². The normalized spacial score (nSPS) is 19.1. The molecule has 1 aliphatic rings. The number of ether oxygens (including phenoxy) is 2. The third-order valence-corrected chi connectivity index (χ3v) is 15.6. The number of rotatable bonds is 56. The molecule has 1 amide bonds. The van der Waals surface area contributed by atoms with E-state index in [-0.39, 0.29) is 12.5 Å². The molecule has 7 unspecified atom stereocenters. The molecule has 73 heavy (non-hydrogen) atoms. The molecule has 432 valence electrons. The summed E-state index contributed by atoms with van der Waals surface area (Å²) in [6.45, 7) is 3.87. The predicted octanol–water partition coefficient (Wildman–Crippen LogP) is 16.5. The summed E-state index contributed by atoms with van der Waals surface area (Å²) in [5.41, 5.74) is 0. The van der Waals surface area contributed by atoms with Gasteiger partial charge < -0.3 is 40.3 Å². The van der Waals surface area contributed by atoms with Gasteiger partial charge in [0.05, 0.1) is 25.4 Å². The molecule has 1 saturated heterocycles. The van der Waals surface area contributed by atoms with Crippen LogP contribution in [0.15, 0.2) is 24.3 Å². The third kappa shape index (κ3) is 43.4. The lowest BCUT2D eigenvalue weighted by Crippen LogP contribution is -2.60. The van der Waals surface area contributed by atoms with Crippen LogP contribution in [0.4, 0.5) is 0 Å². The average molecular weight is 1030 g/mol. The van der Waals surface area contributed by atoms with Crippen LogP contribution in [-0.4, -0.2) is 87.5 Å². The highest BCUT2D eigenvalue weighted by molar-refractivity contribution is 5.76. The summed E-state index contributed by atoms with van der Waals surface area (Å²) in [5, 5.41) is 54.7. The lowest BCUT2D eigenvalue weighted by Gasteiger charge is -2.40. The van der Waals surface area contributed by atoms with Crippen LogP contribution in [0, 0.1) is 0 Å². The van der Waals surface area contributed by atoms with E-state index < -0.39 is 49.5 Å². The van der Waals surface area contributed by atoms with E-state index in [1.807, 2.05) is 0 Å². The summed E-state index contributed by atoms with van der Waals surface area (Å²) >= 11 is 0. The first-order valence-corrected chi connectivity index (χ1v) is 32.0. The third-order valence-electron chi connectivity index (χ3n) is 15.6. The molecule has 0 bridgehead atoms. The van der Waals surface area contributed by atoms with Crippen molar-refractivity contribution in [2.75, 3.05) is 13.2 Å². The Morgan fingerprint density at radius 1 is 0.466 bits per heavy atom. The molecule has 0 aliphatic carbocycles. The number of hydrogen-bond acceptors (Lipinski definition) is 8. The van der Waals surface area contributed by atoms with Crippen LogP contribution in [0.3, 0.4) is 0 Å². The Balaban J connectivity index is 2.07. The molecular formula is C64H123NO8. The Hall–Kier alpha value is -1.33. The van der Waals surface area contributed by atoms with Crippen LogP contribution >= 0.6 is 0 Å². The van der Waals surface area contributed by atoms with Gasteiger partial charge in [-0.25, -0.2) is 0 Å². The first-order valence-electron chi connectivity index (χ1n) is 32.0.